The molecule has 0 aliphatic carbocycles. The normalized spacial score (nSPS) is 11.6. The van der Waals surface area contributed by atoms with Crippen molar-refractivity contribution in [2.24, 2.45) is 0 Å². The molecule has 1 N–H and O–H groups in total. The van der Waals surface area contributed by atoms with E-state index in [-0.39, 0.29) is 10.0 Å². The largest absolute Gasteiger partial charge is 0.417 e. The van der Waals surface area contributed by atoms with Crippen LogP contribution in [0.25, 0.3) is 0 Å². The number of halogens is 4. The van der Waals surface area contributed by atoms with E-state index in [4.69, 9.17) is 11.6 Å². The maximum atomic E-state index is 12.4. The molecule has 0 spiro atoms. The molecule has 2 aromatic rings. The summed E-state index contributed by atoms with van der Waals surface area (Å²) < 4.78 is 37.9. The third-order valence-corrected chi connectivity index (χ3v) is 4.35. The zero-order chi connectivity index (χ0) is 14.0. The van der Waals surface area contributed by atoms with E-state index in [2.05, 4.69) is 20.5 Å². The molecule has 4 nitrogen and oxygen atoms in total. The Morgan fingerprint density at radius 3 is 2.63 bits per heavy atom. The quantitative estimate of drug-likeness (QED) is 0.929. The molecule has 0 aliphatic rings. The van der Waals surface area contributed by atoms with Gasteiger partial charge in [0.15, 0.2) is 4.34 Å². The Labute approximate surface area is 119 Å². The number of hydrogen-bond acceptors (Lipinski definition) is 6. The molecule has 0 unspecified atom stereocenters. The summed E-state index contributed by atoms with van der Waals surface area (Å²) in [5.74, 6) is 0. The predicted octanol–water partition coefficient (Wildman–Crippen LogP) is 3.80. The molecule has 0 saturated carbocycles. The molecule has 0 aliphatic heterocycles. The van der Waals surface area contributed by atoms with Crippen LogP contribution in [0.4, 0.5) is 18.3 Å². The van der Waals surface area contributed by atoms with E-state index in [1.165, 1.54) is 11.3 Å². The van der Waals surface area contributed by atoms with Crippen molar-refractivity contribution in [1.82, 2.24) is 15.2 Å². The van der Waals surface area contributed by atoms with Gasteiger partial charge in [-0.15, -0.1) is 10.2 Å². The van der Waals surface area contributed by atoms with Crippen LogP contribution in [0.15, 0.2) is 21.6 Å². The molecule has 0 fully saturated rings. The molecule has 0 bridgehead atoms. The van der Waals surface area contributed by atoms with Crippen LogP contribution >= 0.6 is 34.7 Å². The van der Waals surface area contributed by atoms with Crippen LogP contribution in [0, 0.1) is 0 Å². The van der Waals surface area contributed by atoms with Crippen molar-refractivity contribution in [2.75, 3.05) is 12.4 Å². The minimum Gasteiger partial charge on any atom is -0.363 e. The second kappa shape index (κ2) is 5.51. The van der Waals surface area contributed by atoms with Crippen LogP contribution in [-0.4, -0.2) is 22.2 Å². The van der Waals surface area contributed by atoms with E-state index < -0.39 is 11.7 Å². The smallest absolute Gasteiger partial charge is 0.363 e. The van der Waals surface area contributed by atoms with Gasteiger partial charge < -0.3 is 5.32 Å². The molecular formula is C9H6ClF3N4S2. The first kappa shape index (κ1) is 14.4. The lowest BCUT2D eigenvalue weighted by Gasteiger charge is -2.07. The third-order valence-electron chi connectivity index (χ3n) is 1.94. The van der Waals surface area contributed by atoms with Gasteiger partial charge in [-0.3, -0.25) is 0 Å². The molecule has 0 atom stereocenters. The van der Waals surface area contributed by atoms with E-state index in [9.17, 15) is 13.2 Å². The summed E-state index contributed by atoms with van der Waals surface area (Å²) in [6.07, 6.45) is -3.71. The number of nitrogens with one attached hydrogen (secondary N) is 1. The van der Waals surface area contributed by atoms with E-state index >= 15 is 0 Å². The molecule has 2 aromatic heterocycles. The lowest BCUT2D eigenvalue weighted by atomic mass is 10.3. The zero-order valence-corrected chi connectivity index (χ0v) is 11.7. The summed E-state index contributed by atoms with van der Waals surface area (Å²) in [6.45, 7) is 0. The fourth-order valence-electron chi connectivity index (χ4n) is 1.09. The van der Waals surface area contributed by atoms with Crippen molar-refractivity contribution in [2.45, 2.75) is 15.5 Å². The van der Waals surface area contributed by atoms with Crippen LogP contribution in [0.3, 0.4) is 0 Å². The van der Waals surface area contributed by atoms with E-state index in [0.29, 0.717) is 9.47 Å². The lowest BCUT2D eigenvalue weighted by molar-refractivity contribution is -0.137. The van der Waals surface area contributed by atoms with Gasteiger partial charge >= 0.3 is 6.18 Å². The highest BCUT2D eigenvalue weighted by Gasteiger charge is 2.31. The molecule has 19 heavy (non-hydrogen) atoms. The van der Waals surface area contributed by atoms with Crippen molar-refractivity contribution in [1.29, 1.82) is 0 Å². The first-order valence-electron chi connectivity index (χ1n) is 4.82. The number of anilines is 1. The summed E-state index contributed by atoms with van der Waals surface area (Å²) in [5.41, 5.74) is -0.880. The summed E-state index contributed by atoms with van der Waals surface area (Å²) in [6, 6.07) is 0.844. The molecular weight excluding hydrogens is 321 g/mol. The number of alkyl halides is 3. The molecule has 0 radical (unpaired) electrons. The molecule has 2 heterocycles. The number of hydrogen-bond donors (Lipinski definition) is 1. The Kier molecular flexibility index (Phi) is 4.16. The zero-order valence-electron chi connectivity index (χ0n) is 9.32. The molecule has 0 amide bonds. The van der Waals surface area contributed by atoms with Gasteiger partial charge in [0.2, 0.25) is 5.13 Å². The van der Waals surface area contributed by atoms with Gasteiger partial charge in [-0.25, -0.2) is 4.98 Å². The summed E-state index contributed by atoms with van der Waals surface area (Å²) in [4.78, 5) is 3.70. The number of pyridine rings is 1. The summed E-state index contributed by atoms with van der Waals surface area (Å²) in [7, 11) is 1.69. The van der Waals surface area contributed by atoms with Crippen LogP contribution in [-0.2, 0) is 6.18 Å². The maximum absolute atomic E-state index is 12.4. The number of nitrogens with zero attached hydrogens (tertiary/aromatic N) is 3. The van der Waals surface area contributed by atoms with Crippen molar-refractivity contribution in [3.8, 4) is 0 Å². The van der Waals surface area contributed by atoms with E-state index in [0.717, 1.165) is 24.0 Å². The summed E-state index contributed by atoms with van der Waals surface area (Å²) >= 11 is 8.10. The molecule has 10 heteroatoms. The Hall–Kier alpha value is -1.06. The van der Waals surface area contributed by atoms with Crippen LogP contribution in [0.2, 0.25) is 5.02 Å². The van der Waals surface area contributed by atoms with Gasteiger partial charge in [-0.1, -0.05) is 22.9 Å². The maximum Gasteiger partial charge on any atom is 0.417 e. The van der Waals surface area contributed by atoms with Crippen molar-refractivity contribution >= 4 is 39.8 Å². The van der Waals surface area contributed by atoms with Crippen molar-refractivity contribution < 1.29 is 13.2 Å². The first-order chi connectivity index (χ1) is 8.90. The van der Waals surface area contributed by atoms with Gasteiger partial charge in [0.05, 0.1) is 10.6 Å². The average Bonchev–Trinajstić information content (AvgIpc) is 2.78. The molecule has 0 saturated heterocycles. The minimum atomic E-state index is -4.46. The summed E-state index contributed by atoms with van der Waals surface area (Å²) in [5, 5.41) is 11.2. The Bertz CT molecular complexity index is 587. The third kappa shape index (κ3) is 3.48. The van der Waals surface area contributed by atoms with Gasteiger partial charge in [-0.05, 0) is 17.8 Å². The number of aromatic nitrogens is 3. The topological polar surface area (TPSA) is 50.7 Å². The van der Waals surface area contributed by atoms with Gasteiger partial charge in [0.25, 0.3) is 0 Å². The van der Waals surface area contributed by atoms with E-state index in [1.54, 1.807) is 7.05 Å². The van der Waals surface area contributed by atoms with Crippen LogP contribution in [0.1, 0.15) is 5.56 Å². The lowest BCUT2D eigenvalue weighted by Crippen LogP contribution is -2.05. The highest BCUT2D eigenvalue weighted by Crippen LogP contribution is 2.37. The Morgan fingerprint density at radius 1 is 1.37 bits per heavy atom. The monoisotopic (exact) mass is 326 g/mol. The van der Waals surface area contributed by atoms with Gasteiger partial charge in [-0.2, -0.15) is 13.2 Å². The fraction of sp³-hybridized carbons (Fsp3) is 0.222. The minimum absolute atomic E-state index is 0.0685. The SMILES string of the molecule is CNc1nnc(Sc2ncc(C(F)(F)F)cc2Cl)s1. The molecule has 102 valence electrons. The van der Waals surface area contributed by atoms with Crippen molar-refractivity contribution in [3.63, 3.8) is 0 Å². The van der Waals surface area contributed by atoms with Crippen LogP contribution < -0.4 is 5.32 Å². The Balaban J connectivity index is 2.22. The standard InChI is InChI=1S/C9H6ClF3N4S2/c1-14-7-16-17-8(19-7)18-6-5(10)2-4(3-15-6)9(11,12)13/h2-3H,1H3,(H,14,16). The average molecular weight is 327 g/mol. The number of rotatable bonds is 3. The predicted molar refractivity (Wildman–Crippen MR) is 67.8 cm³/mol. The van der Waals surface area contributed by atoms with E-state index in [1.807, 2.05) is 0 Å². The molecule has 2 rings (SSSR count). The fourth-order valence-corrected chi connectivity index (χ4v) is 2.95. The Morgan fingerprint density at radius 2 is 2.11 bits per heavy atom. The molecule has 0 aromatic carbocycles. The van der Waals surface area contributed by atoms with Crippen LogP contribution in [0.5, 0.6) is 0 Å². The first-order valence-corrected chi connectivity index (χ1v) is 6.83. The van der Waals surface area contributed by atoms with Crippen molar-refractivity contribution in [3.05, 3.63) is 22.8 Å². The van der Waals surface area contributed by atoms with Gasteiger partial charge in [0, 0.05) is 13.2 Å². The highest BCUT2D eigenvalue weighted by molar-refractivity contribution is 8.01. The highest BCUT2D eigenvalue weighted by atomic mass is 35.5. The second-order valence-corrected chi connectivity index (χ2v) is 5.85. The second-order valence-electron chi connectivity index (χ2n) is 3.23. The van der Waals surface area contributed by atoms with Gasteiger partial charge in [0.1, 0.15) is 5.03 Å².